The second-order valence-corrected chi connectivity index (χ2v) is 7.23. The van der Waals surface area contributed by atoms with Gasteiger partial charge in [0.05, 0.1) is 14.0 Å². The summed E-state index contributed by atoms with van der Waals surface area (Å²) in [6, 6.07) is 5.73. The molecular weight excluding hydrogens is 330 g/mol. The molecule has 0 N–H and O–H groups in total. The first-order valence-electron chi connectivity index (χ1n) is 5.25. The highest BCUT2D eigenvalue weighted by Crippen LogP contribution is 2.42. The number of halogens is 4. The Kier molecular flexibility index (Phi) is 4.51. The lowest BCUT2D eigenvalue weighted by Crippen LogP contribution is -1.97. The fraction of sp³-hybridized carbons (Fsp3) is 0.231. The van der Waals surface area contributed by atoms with Crippen LogP contribution in [0.3, 0.4) is 0 Å². The van der Waals surface area contributed by atoms with Crippen LogP contribution in [0, 0.1) is 13.8 Å². The van der Waals surface area contributed by atoms with Crippen LogP contribution in [0.4, 0.5) is 0 Å². The molecule has 1 aromatic heterocycles. The maximum Gasteiger partial charge on any atom is 0.0994 e. The Morgan fingerprint density at radius 3 is 2.17 bits per heavy atom. The minimum absolute atomic E-state index is 0.308. The maximum absolute atomic E-state index is 6.50. The Morgan fingerprint density at radius 2 is 1.61 bits per heavy atom. The van der Waals surface area contributed by atoms with Gasteiger partial charge in [0.2, 0.25) is 0 Å². The normalized spacial score (nSPS) is 12.8. The average molecular weight is 340 g/mol. The summed E-state index contributed by atoms with van der Waals surface area (Å²) < 4.78 is 1.27. The Morgan fingerprint density at radius 1 is 0.944 bits per heavy atom. The highest BCUT2D eigenvalue weighted by molar-refractivity contribution is 7.20. The molecule has 0 spiro atoms. The summed E-state index contributed by atoms with van der Waals surface area (Å²) in [6.45, 7) is 3.94. The van der Waals surface area contributed by atoms with E-state index in [-0.39, 0.29) is 5.38 Å². The van der Waals surface area contributed by atoms with Crippen molar-refractivity contribution in [2.45, 2.75) is 19.2 Å². The molecule has 0 bridgehead atoms. The van der Waals surface area contributed by atoms with Gasteiger partial charge in [-0.2, -0.15) is 0 Å². The van der Waals surface area contributed by atoms with Crippen LogP contribution in [-0.4, -0.2) is 0 Å². The van der Waals surface area contributed by atoms with Crippen LogP contribution in [0.25, 0.3) is 0 Å². The monoisotopic (exact) mass is 338 g/mol. The lowest BCUT2D eigenvalue weighted by atomic mass is 9.99. The molecule has 0 fully saturated rings. The fourth-order valence-corrected chi connectivity index (χ4v) is 4.05. The quantitative estimate of drug-likeness (QED) is 0.537. The standard InChI is InChI=1S/C13H10Cl4S/c1-6-4-10(14)7(2)3-8(6)12(16)9-5-11(15)18-13(9)17/h3-5,12H,1-2H3. The largest absolute Gasteiger partial charge is 0.112 e. The molecule has 18 heavy (non-hydrogen) atoms. The first kappa shape index (κ1) is 14.5. The van der Waals surface area contributed by atoms with E-state index in [2.05, 4.69) is 0 Å². The number of aryl methyl sites for hydroxylation is 2. The molecule has 1 unspecified atom stereocenters. The fourth-order valence-electron chi connectivity index (χ4n) is 1.77. The van der Waals surface area contributed by atoms with Gasteiger partial charge in [0, 0.05) is 10.6 Å². The summed E-state index contributed by atoms with van der Waals surface area (Å²) in [5, 5.41) is 0.437. The van der Waals surface area contributed by atoms with Crippen LogP contribution in [0.15, 0.2) is 18.2 Å². The summed E-state index contributed by atoms with van der Waals surface area (Å²) in [5.41, 5.74) is 3.90. The van der Waals surface area contributed by atoms with Crippen molar-refractivity contribution in [3.05, 3.63) is 54.1 Å². The molecule has 1 heterocycles. The predicted molar refractivity (Wildman–Crippen MR) is 83.0 cm³/mol. The van der Waals surface area contributed by atoms with Gasteiger partial charge in [-0.1, -0.05) is 40.9 Å². The molecule has 0 nitrogen and oxygen atoms in total. The minimum Gasteiger partial charge on any atom is -0.112 e. The predicted octanol–water partition coefficient (Wildman–Crippen LogP) is 6.65. The van der Waals surface area contributed by atoms with Gasteiger partial charge in [-0.25, -0.2) is 0 Å². The van der Waals surface area contributed by atoms with E-state index >= 15 is 0 Å². The number of rotatable bonds is 2. The van der Waals surface area contributed by atoms with E-state index in [9.17, 15) is 0 Å². The molecule has 0 saturated carbocycles. The summed E-state index contributed by atoms with van der Waals surface area (Å²) in [4.78, 5) is 0. The first-order valence-corrected chi connectivity index (χ1v) is 7.64. The second kappa shape index (κ2) is 5.60. The summed E-state index contributed by atoms with van der Waals surface area (Å²) in [6.07, 6.45) is 0. The van der Waals surface area contributed by atoms with E-state index in [4.69, 9.17) is 46.4 Å². The van der Waals surface area contributed by atoms with Crippen molar-refractivity contribution in [3.8, 4) is 0 Å². The highest BCUT2D eigenvalue weighted by Gasteiger charge is 2.19. The lowest BCUT2D eigenvalue weighted by molar-refractivity contribution is 1.11. The number of hydrogen-bond acceptors (Lipinski definition) is 1. The van der Waals surface area contributed by atoms with Crippen LogP contribution in [-0.2, 0) is 0 Å². The Labute approximate surface area is 130 Å². The van der Waals surface area contributed by atoms with Gasteiger partial charge in [-0.3, -0.25) is 0 Å². The van der Waals surface area contributed by atoms with Crippen LogP contribution >= 0.6 is 57.7 Å². The lowest BCUT2D eigenvalue weighted by Gasteiger charge is -2.14. The van der Waals surface area contributed by atoms with E-state index in [1.54, 1.807) is 0 Å². The third-order valence-corrected chi connectivity index (χ3v) is 5.17. The molecule has 0 aliphatic heterocycles. The van der Waals surface area contributed by atoms with Gasteiger partial charge in [0.15, 0.2) is 0 Å². The summed E-state index contributed by atoms with van der Waals surface area (Å²) in [7, 11) is 0. The molecule has 96 valence electrons. The van der Waals surface area contributed by atoms with Gasteiger partial charge in [-0.05, 0) is 42.7 Å². The van der Waals surface area contributed by atoms with Gasteiger partial charge in [-0.15, -0.1) is 22.9 Å². The third kappa shape index (κ3) is 2.81. The number of hydrogen-bond donors (Lipinski definition) is 0. The average Bonchev–Trinajstić information content (AvgIpc) is 2.62. The number of alkyl halides is 1. The second-order valence-electron chi connectivity index (χ2n) is 4.10. The van der Waals surface area contributed by atoms with Crippen molar-refractivity contribution < 1.29 is 0 Å². The van der Waals surface area contributed by atoms with E-state index in [1.807, 2.05) is 32.0 Å². The summed E-state index contributed by atoms with van der Waals surface area (Å²) in [5.74, 6) is 0. The first-order chi connectivity index (χ1) is 8.40. The zero-order valence-corrected chi connectivity index (χ0v) is 13.6. The molecule has 0 radical (unpaired) electrons. The van der Waals surface area contributed by atoms with Gasteiger partial charge in [0.1, 0.15) is 0 Å². The van der Waals surface area contributed by atoms with Crippen molar-refractivity contribution in [2.24, 2.45) is 0 Å². The van der Waals surface area contributed by atoms with Crippen LogP contribution in [0.1, 0.15) is 27.6 Å². The van der Waals surface area contributed by atoms with Gasteiger partial charge < -0.3 is 0 Å². The molecule has 1 aromatic carbocycles. The maximum atomic E-state index is 6.50. The Balaban J connectivity index is 2.49. The van der Waals surface area contributed by atoms with Crippen molar-refractivity contribution in [2.75, 3.05) is 0 Å². The van der Waals surface area contributed by atoms with E-state index < -0.39 is 0 Å². The molecule has 0 amide bonds. The van der Waals surface area contributed by atoms with E-state index in [0.29, 0.717) is 8.67 Å². The highest BCUT2D eigenvalue weighted by atomic mass is 35.5. The van der Waals surface area contributed by atoms with Crippen molar-refractivity contribution >= 4 is 57.7 Å². The Hall–Kier alpha value is 0.0800. The smallest absolute Gasteiger partial charge is 0.0994 e. The third-order valence-electron chi connectivity index (χ3n) is 2.78. The van der Waals surface area contributed by atoms with Crippen molar-refractivity contribution in [3.63, 3.8) is 0 Å². The van der Waals surface area contributed by atoms with Gasteiger partial charge in [0.25, 0.3) is 0 Å². The molecule has 1 atom stereocenters. The molecular formula is C13H10Cl4S. The molecule has 5 heteroatoms. The van der Waals surface area contributed by atoms with Crippen LogP contribution in [0.2, 0.25) is 13.7 Å². The molecule has 2 aromatic rings. The molecule has 0 saturated heterocycles. The summed E-state index contributed by atoms with van der Waals surface area (Å²) >= 11 is 26.0. The van der Waals surface area contributed by atoms with Crippen LogP contribution in [0.5, 0.6) is 0 Å². The molecule has 0 aliphatic carbocycles. The number of benzene rings is 1. The van der Waals surface area contributed by atoms with Crippen molar-refractivity contribution in [1.82, 2.24) is 0 Å². The SMILES string of the molecule is Cc1cc(C(Cl)c2cc(Cl)sc2Cl)c(C)cc1Cl. The van der Waals surface area contributed by atoms with Crippen LogP contribution < -0.4 is 0 Å². The van der Waals surface area contributed by atoms with Crippen molar-refractivity contribution in [1.29, 1.82) is 0 Å². The molecule has 2 rings (SSSR count). The van der Waals surface area contributed by atoms with Gasteiger partial charge >= 0.3 is 0 Å². The Bertz CT molecular complexity index is 589. The zero-order chi connectivity index (χ0) is 13.4. The van der Waals surface area contributed by atoms with E-state index in [1.165, 1.54) is 11.3 Å². The topological polar surface area (TPSA) is 0 Å². The molecule has 0 aliphatic rings. The number of thiophene rings is 1. The zero-order valence-electron chi connectivity index (χ0n) is 9.73. The minimum atomic E-state index is -0.308. The van der Waals surface area contributed by atoms with E-state index in [0.717, 1.165) is 27.3 Å².